The molecule has 0 aliphatic carbocycles. The van der Waals surface area contributed by atoms with Crippen LogP contribution >= 0.6 is 22.6 Å². The molecule has 0 saturated heterocycles. The van der Waals surface area contributed by atoms with E-state index >= 15 is 0 Å². The summed E-state index contributed by atoms with van der Waals surface area (Å²) in [6, 6.07) is 0. The van der Waals surface area contributed by atoms with Crippen LogP contribution in [0.3, 0.4) is 0 Å². The predicted molar refractivity (Wildman–Crippen MR) is 84.1 cm³/mol. The Kier molecular flexibility index (Phi) is 10.8. The van der Waals surface area contributed by atoms with Gasteiger partial charge < -0.3 is 14.2 Å². The molecule has 0 aliphatic heterocycles. The van der Waals surface area contributed by atoms with Gasteiger partial charge in [-0.15, -0.1) is 0 Å². The maximum Gasteiger partial charge on any atom is 0.335 e. The van der Waals surface area contributed by atoms with Crippen LogP contribution in [0.15, 0.2) is 33.5 Å². The molecule has 4 nitrogen and oxygen atoms in total. The zero-order chi connectivity index (χ0) is 14.7. The summed E-state index contributed by atoms with van der Waals surface area (Å²) < 4.78 is 16.9. The van der Waals surface area contributed by atoms with E-state index in [4.69, 9.17) is 9.47 Å². The standard InChI is InChI=1S/C14H21IO4/c1-11(13(18-4)6-5-9-15)7-8-12(2)14(16)19-10-17-3/h5,7-9,13H,6,10H2,1-4H3/b9-5-,11-7-,12-8+/t13-/m1/s1. The van der Waals surface area contributed by atoms with Gasteiger partial charge >= 0.3 is 5.97 Å². The molecule has 0 radical (unpaired) electrons. The van der Waals surface area contributed by atoms with Gasteiger partial charge in [0.15, 0.2) is 6.79 Å². The van der Waals surface area contributed by atoms with Gasteiger partial charge in [0.2, 0.25) is 0 Å². The number of hydrogen-bond acceptors (Lipinski definition) is 4. The van der Waals surface area contributed by atoms with Crippen molar-refractivity contribution in [3.63, 3.8) is 0 Å². The van der Waals surface area contributed by atoms with Gasteiger partial charge in [-0.1, -0.05) is 40.8 Å². The second kappa shape index (κ2) is 11.2. The van der Waals surface area contributed by atoms with E-state index in [-0.39, 0.29) is 18.9 Å². The summed E-state index contributed by atoms with van der Waals surface area (Å²) in [6.45, 7) is 3.64. The summed E-state index contributed by atoms with van der Waals surface area (Å²) in [5.41, 5.74) is 1.58. The molecule has 0 unspecified atom stereocenters. The van der Waals surface area contributed by atoms with E-state index in [0.29, 0.717) is 5.57 Å². The fourth-order valence-corrected chi connectivity index (χ4v) is 1.59. The van der Waals surface area contributed by atoms with Gasteiger partial charge in [-0.3, -0.25) is 0 Å². The Morgan fingerprint density at radius 2 is 1.95 bits per heavy atom. The SMILES string of the molecule is COCOC(=O)/C(C)=C/C=C(/C)[C@@H](C/C=C\I)OC. The van der Waals surface area contributed by atoms with Gasteiger partial charge in [-0.25, -0.2) is 4.79 Å². The topological polar surface area (TPSA) is 44.8 Å². The minimum Gasteiger partial charge on any atom is -0.435 e. The number of carbonyl (C=O) groups is 1. The highest BCUT2D eigenvalue weighted by molar-refractivity contribution is 14.1. The average molecular weight is 380 g/mol. The highest BCUT2D eigenvalue weighted by Crippen LogP contribution is 2.12. The fourth-order valence-electron chi connectivity index (χ4n) is 1.30. The number of ether oxygens (including phenoxy) is 3. The maximum atomic E-state index is 11.5. The number of carbonyl (C=O) groups excluding carboxylic acids is 1. The molecular formula is C14H21IO4. The minimum absolute atomic E-state index is 0.0186. The molecule has 5 heteroatoms. The Hall–Kier alpha value is -0.660. The number of esters is 1. The van der Waals surface area contributed by atoms with E-state index in [9.17, 15) is 4.79 Å². The van der Waals surface area contributed by atoms with E-state index in [0.717, 1.165) is 12.0 Å². The first-order valence-corrected chi connectivity index (χ1v) is 7.10. The first-order valence-electron chi connectivity index (χ1n) is 5.86. The molecule has 0 amide bonds. The second-order valence-corrected chi connectivity index (χ2v) is 4.64. The number of halogens is 1. The van der Waals surface area contributed by atoms with Crippen LogP contribution in [0.25, 0.3) is 0 Å². The van der Waals surface area contributed by atoms with Crippen molar-refractivity contribution in [3.05, 3.63) is 33.5 Å². The minimum atomic E-state index is -0.382. The summed E-state index contributed by atoms with van der Waals surface area (Å²) in [4.78, 5) is 11.5. The molecule has 0 spiro atoms. The van der Waals surface area contributed by atoms with Crippen LogP contribution in [0, 0.1) is 0 Å². The molecule has 0 aromatic carbocycles. The highest BCUT2D eigenvalue weighted by Gasteiger charge is 2.08. The Morgan fingerprint density at radius 1 is 1.26 bits per heavy atom. The number of hydrogen-bond donors (Lipinski definition) is 0. The lowest BCUT2D eigenvalue weighted by Crippen LogP contribution is -2.11. The predicted octanol–water partition coefficient (Wildman–Crippen LogP) is 3.38. The summed E-state index contributed by atoms with van der Waals surface area (Å²) in [7, 11) is 3.15. The molecule has 0 aromatic rings. The summed E-state index contributed by atoms with van der Waals surface area (Å²) >= 11 is 2.17. The van der Waals surface area contributed by atoms with Crippen LogP contribution < -0.4 is 0 Å². The first kappa shape index (κ1) is 18.3. The normalized spacial score (nSPS) is 14.8. The lowest BCUT2D eigenvalue weighted by Gasteiger charge is -2.13. The van der Waals surface area contributed by atoms with E-state index in [1.807, 2.05) is 23.2 Å². The van der Waals surface area contributed by atoms with Crippen molar-refractivity contribution < 1.29 is 19.0 Å². The van der Waals surface area contributed by atoms with Crippen LogP contribution in [0.1, 0.15) is 20.3 Å². The van der Waals surface area contributed by atoms with E-state index in [2.05, 4.69) is 27.3 Å². The third kappa shape index (κ3) is 8.18. The zero-order valence-electron chi connectivity index (χ0n) is 11.8. The Balaban J connectivity index is 4.59. The monoisotopic (exact) mass is 380 g/mol. The van der Waals surface area contributed by atoms with Crippen LogP contribution in [0.4, 0.5) is 0 Å². The summed E-state index contributed by atoms with van der Waals surface area (Å²) in [5, 5.41) is 0. The van der Waals surface area contributed by atoms with Crippen molar-refractivity contribution in [2.24, 2.45) is 0 Å². The van der Waals surface area contributed by atoms with Gasteiger partial charge in [-0.05, 0) is 29.9 Å². The Labute approximate surface area is 128 Å². The van der Waals surface area contributed by atoms with Crippen molar-refractivity contribution in [3.8, 4) is 0 Å². The molecule has 0 aromatic heterocycles. The number of allylic oxidation sites excluding steroid dienone is 2. The van der Waals surface area contributed by atoms with Gasteiger partial charge in [0.25, 0.3) is 0 Å². The van der Waals surface area contributed by atoms with Crippen molar-refractivity contribution >= 4 is 28.6 Å². The summed E-state index contributed by atoms with van der Waals surface area (Å²) in [5.74, 6) is -0.382. The lowest BCUT2D eigenvalue weighted by atomic mass is 10.1. The van der Waals surface area contributed by atoms with Gasteiger partial charge in [0.1, 0.15) is 0 Å². The van der Waals surface area contributed by atoms with Gasteiger partial charge in [0, 0.05) is 19.8 Å². The van der Waals surface area contributed by atoms with E-state index in [1.54, 1.807) is 20.1 Å². The molecular weight excluding hydrogens is 359 g/mol. The van der Waals surface area contributed by atoms with Crippen molar-refractivity contribution in [1.29, 1.82) is 0 Å². The first-order chi connectivity index (χ1) is 9.06. The smallest absolute Gasteiger partial charge is 0.335 e. The Bertz CT molecular complexity index is 358. The molecule has 0 bridgehead atoms. The molecule has 108 valence electrons. The second-order valence-electron chi connectivity index (χ2n) is 3.92. The molecule has 0 rings (SSSR count). The van der Waals surface area contributed by atoms with Crippen molar-refractivity contribution in [2.75, 3.05) is 21.0 Å². The molecule has 0 fully saturated rings. The van der Waals surface area contributed by atoms with Gasteiger partial charge in [-0.2, -0.15) is 0 Å². The number of rotatable bonds is 8. The maximum absolute atomic E-state index is 11.5. The largest absolute Gasteiger partial charge is 0.435 e. The molecule has 0 aliphatic rings. The lowest BCUT2D eigenvalue weighted by molar-refractivity contribution is -0.149. The zero-order valence-corrected chi connectivity index (χ0v) is 14.0. The average Bonchev–Trinajstić information content (AvgIpc) is 2.42. The number of methoxy groups -OCH3 is 2. The third-order valence-electron chi connectivity index (χ3n) is 2.46. The molecule has 0 N–H and O–H groups in total. The van der Waals surface area contributed by atoms with Gasteiger partial charge in [0.05, 0.1) is 6.10 Å². The van der Waals surface area contributed by atoms with Crippen LogP contribution in [0.2, 0.25) is 0 Å². The highest BCUT2D eigenvalue weighted by atomic mass is 127. The van der Waals surface area contributed by atoms with Crippen LogP contribution in [-0.4, -0.2) is 33.1 Å². The fraction of sp³-hybridized carbons (Fsp3) is 0.500. The molecule has 1 atom stereocenters. The van der Waals surface area contributed by atoms with Crippen molar-refractivity contribution in [1.82, 2.24) is 0 Å². The van der Waals surface area contributed by atoms with Crippen molar-refractivity contribution in [2.45, 2.75) is 26.4 Å². The molecule has 19 heavy (non-hydrogen) atoms. The van der Waals surface area contributed by atoms with Crippen LogP contribution in [-0.2, 0) is 19.0 Å². The quantitative estimate of drug-likeness (QED) is 0.213. The Morgan fingerprint density at radius 3 is 2.47 bits per heavy atom. The van der Waals surface area contributed by atoms with E-state index in [1.165, 1.54) is 7.11 Å². The van der Waals surface area contributed by atoms with Crippen LogP contribution in [0.5, 0.6) is 0 Å². The van der Waals surface area contributed by atoms with E-state index < -0.39 is 0 Å². The molecule has 0 saturated carbocycles. The summed E-state index contributed by atoms with van der Waals surface area (Å²) in [6.07, 6.45) is 6.47. The molecule has 0 heterocycles. The third-order valence-corrected chi connectivity index (χ3v) is 2.97.